The Morgan fingerprint density at radius 1 is 1.50 bits per heavy atom. The molecule has 0 heterocycles. The van der Waals surface area contributed by atoms with Crippen molar-refractivity contribution in [2.75, 3.05) is 0 Å². The van der Waals surface area contributed by atoms with Crippen LogP contribution in [0.1, 0.15) is 33.6 Å². The molecule has 2 heteroatoms. The molecule has 0 aliphatic rings. The number of hydrogen-bond acceptors (Lipinski definition) is 2. The average Bonchev–Trinajstić information content (AvgIpc) is 2.00. The molecule has 0 aromatic carbocycles. The number of carbonyl (C=O) groups is 1. The highest BCUT2D eigenvalue weighted by molar-refractivity contribution is 5.83. The number of hydrogen-bond donors (Lipinski definition) is 1. The number of carbonyl (C=O) groups excluding carboxylic acids is 1. The van der Waals surface area contributed by atoms with Crippen LogP contribution >= 0.6 is 0 Å². The Morgan fingerprint density at radius 3 is 2.30 bits per heavy atom. The Labute approximate surface area is 62.8 Å². The van der Waals surface area contributed by atoms with Gasteiger partial charge in [-0.25, -0.2) is 0 Å². The molecule has 0 aliphatic heterocycles. The number of nitrogens with two attached hydrogens (primary N) is 1. The van der Waals surface area contributed by atoms with Crippen LogP contribution in [0.2, 0.25) is 0 Å². The maximum Gasteiger partial charge on any atom is 0.149 e. The fraction of sp³-hybridized carbons (Fsp3) is 0.875. The zero-order chi connectivity index (χ0) is 8.15. The third-order valence-electron chi connectivity index (χ3n) is 1.98. The largest absolute Gasteiger partial charge is 0.321 e. The Balaban J connectivity index is 3.81. The van der Waals surface area contributed by atoms with Gasteiger partial charge in [0.25, 0.3) is 0 Å². The van der Waals surface area contributed by atoms with Crippen molar-refractivity contribution < 1.29 is 4.79 Å². The lowest BCUT2D eigenvalue weighted by atomic mass is 9.95. The van der Waals surface area contributed by atoms with Gasteiger partial charge < -0.3 is 5.73 Å². The summed E-state index contributed by atoms with van der Waals surface area (Å²) >= 11 is 0. The predicted octanol–water partition coefficient (Wildman–Crippen LogP) is 1.34. The van der Waals surface area contributed by atoms with Crippen molar-refractivity contribution in [1.29, 1.82) is 0 Å². The zero-order valence-corrected chi connectivity index (χ0v) is 7.05. The van der Waals surface area contributed by atoms with E-state index in [4.69, 9.17) is 5.73 Å². The van der Waals surface area contributed by atoms with Crippen molar-refractivity contribution in [2.45, 2.75) is 39.7 Å². The van der Waals surface area contributed by atoms with E-state index < -0.39 is 0 Å². The van der Waals surface area contributed by atoms with E-state index in [1.54, 1.807) is 0 Å². The summed E-state index contributed by atoms with van der Waals surface area (Å²) in [6.45, 7) is 5.91. The number of Topliss-reactive ketones (excluding diaryl/α,β-unsaturated/α-hetero) is 1. The van der Waals surface area contributed by atoms with Gasteiger partial charge in [-0.05, 0) is 5.92 Å². The Morgan fingerprint density at radius 2 is 2.00 bits per heavy atom. The molecule has 0 aliphatic carbocycles. The van der Waals surface area contributed by atoms with Crippen molar-refractivity contribution in [3.8, 4) is 0 Å². The maximum absolute atomic E-state index is 11.0. The zero-order valence-electron chi connectivity index (χ0n) is 7.05. The van der Waals surface area contributed by atoms with Gasteiger partial charge in [0.2, 0.25) is 0 Å². The van der Waals surface area contributed by atoms with E-state index in [9.17, 15) is 4.79 Å². The highest BCUT2D eigenvalue weighted by Gasteiger charge is 2.16. The molecule has 2 atom stereocenters. The van der Waals surface area contributed by atoms with Gasteiger partial charge >= 0.3 is 0 Å². The highest BCUT2D eigenvalue weighted by atomic mass is 16.1. The van der Waals surface area contributed by atoms with Gasteiger partial charge in [-0.2, -0.15) is 0 Å². The van der Waals surface area contributed by atoms with E-state index in [0.29, 0.717) is 12.3 Å². The second-order valence-electron chi connectivity index (χ2n) is 2.73. The minimum Gasteiger partial charge on any atom is -0.321 e. The minimum atomic E-state index is -0.241. The fourth-order valence-electron chi connectivity index (χ4n) is 0.807. The van der Waals surface area contributed by atoms with Crippen molar-refractivity contribution >= 4 is 5.78 Å². The molecule has 0 bridgehead atoms. The predicted molar refractivity (Wildman–Crippen MR) is 42.7 cm³/mol. The second kappa shape index (κ2) is 4.45. The molecule has 0 saturated heterocycles. The van der Waals surface area contributed by atoms with Crippen molar-refractivity contribution in [1.82, 2.24) is 0 Å². The molecular formula is C8H17NO. The summed E-state index contributed by atoms with van der Waals surface area (Å²) in [4.78, 5) is 11.0. The summed E-state index contributed by atoms with van der Waals surface area (Å²) in [6.07, 6.45) is 1.54. The van der Waals surface area contributed by atoms with Crippen LogP contribution < -0.4 is 5.73 Å². The smallest absolute Gasteiger partial charge is 0.149 e. The number of ketones is 1. The first-order valence-electron chi connectivity index (χ1n) is 3.91. The van der Waals surface area contributed by atoms with Gasteiger partial charge in [0.05, 0.1) is 6.04 Å². The van der Waals surface area contributed by atoms with Gasteiger partial charge in [-0.3, -0.25) is 4.79 Å². The molecule has 0 spiro atoms. The van der Waals surface area contributed by atoms with Crippen molar-refractivity contribution in [2.24, 2.45) is 11.7 Å². The molecule has 0 aromatic rings. The Kier molecular flexibility index (Phi) is 4.28. The van der Waals surface area contributed by atoms with Crippen LogP contribution in [0.15, 0.2) is 0 Å². The number of rotatable bonds is 4. The third kappa shape index (κ3) is 2.48. The molecular weight excluding hydrogens is 126 g/mol. The van der Waals surface area contributed by atoms with Crippen LogP contribution in [0.4, 0.5) is 0 Å². The fourth-order valence-corrected chi connectivity index (χ4v) is 0.807. The van der Waals surface area contributed by atoms with Crippen LogP contribution in [0.3, 0.4) is 0 Å². The summed E-state index contributed by atoms with van der Waals surface area (Å²) in [5.74, 6) is 0.502. The van der Waals surface area contributed by atoms with Gasteiger partial charge in [-0.1, -0.05) is 27.2 Å². The molecule has 0 rings (SSSR count). The first kappa shape index (κ1) is 9.63. The van der Waals surface area contributed by atoms with Crippen LogP contribution in [0, 0.1) is 5.92 Å². The van der Waals surface area contributed by atoms with Crippen LogP contribution in [0.5, 0.6) is 0 Å². The maximum atomic E-state index is 11.0. The van der Waals surface area contributed by atoms with E-state index in [2.05, 4.69) is 0 Å². The van der Waals surface area contributed by atoms with Gasteiger partial charge in [0.1, 0.15) is 5.78 Å². The topological polar surface area (TPSA) is 43.1 Å². The average molecular weight is 143 g/mol. The van der Waals surface area contributed by atoms with Gasteiger partial charge in [-0.15, -0.1) is 0 Å². The lowest BCUT2D eigenvalue weighted by Crippen LogP contribution is -2.35. The summed E-state index contributed by atoms with van der Waals surface area (Å²) in [5, 5.41) is 0. The van der Waals surface area contributed by atoms with Crippen LogP contribution in [-0.2, 0) is 4.79 Å². The third-order valence-corrected chi connectivity index (χ3v) is 1.98. The van der Waals surface area contributed by atoms with Crippen LogP contribution in [0.25, 0.3) is 0 Å². The Bertz CT molecular complexity index is 112. The first-order valence-corrected chi connectivity index (χ1v) is 3.91. The lowest BCUT2D eigenvalue weighted by molar-refractivity contribution is -0.121. The first-order chi connectivity index (χ1) is 4.63. The van der Waals surface area contributed by atoms with E-state index in [-0.39, 0.29) is 11.8 Å². The quantitative estimate of drug-likeness (QED) is 0.645. The normalized spacial score (nSPS) is 16.4. The summed E-state index contributed by atoms with van der Waals surface area (Å²) in [5.41, 5.74) is 5.63. The molecule has 0 radical (unpaired) electrons. The Hall–Kier alpha value is -0.370. The summed E-state index contributed by atoms with van der Waals surface area (Å²) < 4.78 is 0. The minimum absolute atomic E-state index is 0.175. The highest BCUT2D eigenvalue weighted by Crippen LogP contribution is 2.06. The molecule has 0 unspecified atom stereocenters. The summed E-state index contributed by atoms with van der Waals surface area (Å²) in [6, 6.07) is -0.241. The van der Waals surface area contributed by atoms with Crippen molar-refractivity contribution in [3.05, 3.63) is 0 Å². The van der Waals surface area contributed by atoms with E-state index in [1.807, 2.05) is 20.8 Å². The molecule has 2 nitrogen and oxygen atoms in total. The molecule has 60 valence electrons. The standard InChI is InChI=1S/C8H17NO/c1-4-6(3)8(9)7(10)5-2/h6,8H,4-5,9H2,1-3H3/t6-,8-/m1/s1. The molecule has 0 amide bonds. The van der Waals surface area contributed by atoms with E-state index in [1.165, 1.54) is 0 Å². The second-order valence-corrected chi connectivity index (χ2v) is 2.73. The molecule has 2 N–H and O–H groups in total. The molecule has 0 saturated carbocycles. The van der Waals surface area contributed by atoms with Crippen LogP contribution in [-0.4, -0.2) is 11.8 Å². The molecule has 10 heavy (non-hydrogen) atoms. The lowest BCUT2D eigenvalue weighted by Gasteiger charge is -2.15. The molecule has 0 fully saturated rings. The summed E-state index contributed by atoms with van der Waals surface area (Å²) in [7, 11) is 0. The van der Waals surface area contributed by atoms with E-state index >= 15 is 0 Å². The SMILES string of the molecule is CCC(=O)[C@H](N)[C@H](C)CC. The van der Waals surface area contributed by atoms with Gasteiger partial charge in [0, 0.05) is 6.42 Å². The van der Waals surface area contributed by atoms with E-state index in [0.717, 1.165) is 6.42 Å². The molecule has 0 aromatic heterocycles. The van der Waals surface area contributed by atoms with Crippen molar-refractivity contribution in [3.63, 3.8) is 0 Å². The van der Waals surface area contributed by atoms with Gasteiger partial charge in [0.15, 0.2) is 0 Å². The monoisotopic (exact) mass is 143 g/mol.